The van der Waals surface area contributed by atoms with Crippen LogP contribution in [0.25, 0.3) is 0 Å². The van der Waals surface area contributed by atoms with Crippen molar-refractivity contribution in [2.45, 2.75) is 19.0 Å². The second-order valence-electron chi connectivity index (χ2n) is 4.23. The van der Waals surface area contributed by atoms with Gasteiger partial charge in [0.1, 0.15) is 11.5 Å². The summed E-state index contributed by atoms with van der Waals surface area (Å²) in [6, 6.07) is 6.51. The molecule has 0 saturated carbocycles. The van der Waals surface area contributed by atoms with Gasteiger partial charge in [-0.15, -0.1) is 0 Å². The molecule has 1 fully saturated rings. The van der Waals surface area contributed by atoms with Gasteiger partial charge in [-0.2, -0.15) is 0 Å². The van der Waals surface area contributed by atoms with Crippen LogP contribution in [0.2, 0.25) is 0 Å². The van der Waals surface area contributed by atoms with Gasteiger partial charge in [0.15, 0.2) is 0 Å². The van der Waals surface area contributed by atoms with E-state index in [1.54, 1.807) is 14.2 Å². The van der Waals surface area contributed by atoms with Gasteiger partial charge in [0.2, 0.25) is 0 Å². The molecule has 1 heterocycles. The molecule has 2 rings (SSSR count). The van der Waals surface area contributed by atoms with Gasteiger partial charge in [0.25, 0.3) is 0 Å². The highest BCUT2D eigenvalue weighted by atomic mass is 16.5. The fourth-order valence-corrected chi connectivity index (χ4v) is 1.95. The summed E-state index contributed by atoms with van der Waals surface area (Å²) in [4.78, 5) is 0. The standard InChI is InChI=1S/C13H19NO3/c1-9(14-10-7-17-8-10)12-6-11(15-2)4-5-13(12)16-3/h4-6,9-10,14H,7-8H2,1-3H3. The molecule has 1 aliphatic rings. The maximum atomic E-state index is 5.37. The fourth-order valence-electron chi connectivity index (χ4n) is 1.95. The van der Waals surface area contributed by atoms with E-state index in [2.05, 4.69) is 12.2 Å². The van der Waals surface area contributed by atoms with Crippen LogP contribution >= 0.6 is 0 Å². The number of benzene rings is 1. The van der Waals surface area contributed by atoms with E-state index >= 15 is 0 Å². The summed E-state index contributed by atoms with van der Waals surface area (Å²) in [5, 5.41) is 3.50. The number of ether oxygens (including phenoxy) is 3. The van der Waals surface area contributed by atoms with Crippen molar-refractivity contribution in [2.24, 2.45) is 0 Å². The van der Waals surface area contributed by atoms with E-state index in [9.17, 15) is 0 Å². The lowest BCUT2D eigenvalue weighted by Gasteiger charge is -2.30. The van der Waals surface area contributed by atoms with E-state index in [0.717, 1.165) is 30.3 Å². The lowest BCUT2D eigenvalue weighted by Crippen LogP contribution is -2.46. The highest BCUT2D eigenvalue weighted by molar-refractivity contribution is 5.42. The molecule has 4 heteroatoms. The Morgan fingerprint density at radius 3 is 2.59 bits per heavy atom. The summed E-state index contributed by atoms with van der Waals surface area (Å²) in [6.07, 6.45) is 0. The zero-order chi connectivity index (χ0) is 12.3. The predicted molar refractivity (Wildman–Crippen MR) is 65.7 cm³/mol. The van der Waals surface area contributed by atoms with Gasteiger partial charge in [0, 0.05) is 11.6 Å². The zero-order valence-electron chi connectivity index (χ0n) is 10.5. The van der Waals surface area contributed by atoms with Crippen molar-refractivity contribution >= 4 is 0 Å². The van der Waals surface area contributed by atoms with Crippen molar-refractivity contribution in [1.29, 1.82) is 0 Å². The highest BCUT2D eigenvalue weighted by Gasteiger charge is 2.22. The fraction of sp³-hybridized carbons (Fsp3) is 0.538. The van der Waals surface area contributed by atoms with Crippen LogP contribution in [0.4, 0.5) is 0 Å². The van der Waals surface area contributed by atoms with Crippen molar-refractivity contribution in [3.63, 3.8) is 0 Å². The average molecular weight is 237 g/mol. The zero-order valence-corrected chi connectivity index (χ0v) is 10.5. The van der Waals surface area contributed by atoms with Crippen LogP contribution in [0, 0.1) is 0 Å². The third-order valence-corrected chi connectivity index (χ3v) is 3.03. The molecule has 1 unspecified atom stereocenters. The van der Waals surface area contributed by atoms with E-state index in [0.29, 0.717) is 6.04 Å². The third-order valence-electron chi connectivity index (χ3n) is 3.03. The first-order chi connectivity index (χ1) is 8.24. The van der Waals surface area contributed by atoms with E-state index in [1.165, 1.54) is 0 Å². The first-order valence-electron chi connectivity index (χ1n) is 5.80. The molecular formula is C13H19NO3. The Balaban J connectivity index is 2.15. The monoisotopic (exact) mass is 237 g/mol. The molecule has 1 aliphatic heterocycles. The molecule has 94 valence electrons. The minimum atomic E-state index is 0.217. The third kappa shape index (κ3) is 2.70. The molecule has 0 spiro atoms. The smallest absolute Gasteiger partial charge is 0.123 e. The molecule has 0 bridgehead atoms. The number of methoxy groups -OCH3 is 2. The summed E-state index contributed by atoms with van der Waals surface area (Å²) in [5.74, 6) is 1.73. The normalized spacial score (nSPS) is 17.4. The van der Waals surface area contributed by atoms with Gasteiger partial charge in [-0.05, 0) is 25.1 Å². The van der Waals surface area contributed by atoms with Gasteiger partial charge in [-0.25, -0.2) is 0 Å². The Morgan fingerprint density at radius 1 is 1.29 bits per heavy atom. The summed E-state index contributed by atoms with van der Waals surface area (Å²) < 4.78 is 15.8. The molecule has 1 N–H and O–H groups in total. The van der Waals surface area contributed by atoms with Crippen molar-refractivity contribution in [1.82, 2.24) is 5.32 Å². The Morgan fingerprint density at radius 2 is 2.06 bits per heavy atom. The summed E-state index contributed by atoms with van der Waals surface area (Å²) in [5.41, 5.74) is 1.11. The lowest BCUT2D eigenvalue weighted by molar-refractivity contribution is -0.00935. The molecule has 1 aromatic rings. The van der Waals surface area contributed by atoms with Crippen molar-refractivity contribution in [3.05, 3.63) is 23.8 Å². The Kier molecular flexibility index (Phi) is 3.86. The molecule has 0 amide bonds. The van der Waals surface area contributed by atoms with Gasteiger partial charge in [0.05, 0.1) is 33.5 Å². The lowest BCUT2D eigenvalue weighted by atomic mass is 10.1. The van der Waals surface area contributed by atoms with E-state index in [-0.39, 0.29) is 6.04 Å². The molecule has 1 atom stereocenters. The first kappa shape index (κ1) is 12.2. The topological polar surface area (TPSA) is 39.7 Å². The molecule has 1 saturated heterocycles. The van der Waals surface area contributed by atoms with Gasteiger partial charge >= 0.3 is 0 Å². The Hall–Kier alpha value is -1.26. The van der Waals surface area contributed by atoms with E-state index < -0.39 is 0 Å². The van der Waals surface area contributed by atoms with Crippen LogP contribution in [0.15, 0.2) is 18.2 Å². The predicted octanol–water partition coefficient (Wildman–Crippen LogP) is 1.75. The van der Waals surface area contributed by atoms with Crippen LogP contribution in [-0.4, -0.2) is 33.5 Å². The van der Waals surface area contributed by atoms with E-state index in [4.69, 9.17) is 14.2 Å². The van der Waals surface area contributed by atoms with Crippen molar-refractivity contribution < 1.29 is 14.2 Å². The van der Waals surface area contributed by atoms with Crippen molar-refractivity contribution in [3.8, 4) is 11.5 Å². The molecule has 1 aromatic carbocycles. The minimum Gasteiger partial charge on any atom is -0.497 e. The summed E-state index contributed by atoms with van der Waals surface area (Å²) in [7, 11) is 3.36. The number of hydrogen-bond donors (Lipinski definition) is 1. The van der Waals surface area contributed by atoms with Gasteiger partial charge in [-0.3, -0.25) is 0 Å². The number of hydrogen-bond acceptors (Lipinski definition) is 4. The highest BCUT2D eigenvalue weighted by Crippen LogP contribution is 2.29. The second kappa shape index (κ2) is 5.38. The minimum absolute atomic E-state index is 0.217. The van der Waals surface area contributed by atoms with Gasteiger partial charge in [-0.1, -0.05) is 0 Å². The maximum absolute atomic E-state index is 5.37. The van der Waals surface area contributed by atoms with Crippen LogP contribution in [-0.2, 0) is 4.74 Å². The number of nitrogens with one attached hydrogen (secondary N) is 1. The molecular weight excluding hydrogens is 218 g/mol. The number of rotatable bonds is 5. The molecule has 4 nitrogen and oxygen atoms in total. The molecule has 0 aromatic heterocycles. The van der Waals surface area contributed by atoms with E-state index in [1.807, 2.05) is 18.2 Å². The molecule has 17 heavy (non-hydrogen) atoms. The van der Waals surface area contributed by atoms with Crippen LogP contribution in [0.5, 0.6) is 11.5 Å². The Labute approximate surface area is 102 Å². The maximum Gasteiger partial charge on any atom is 0.123 e. The average Bonchev–Trinajstić information content (AvgIpc) is 2.32. The van der Waals surface area contributed by atoms with Crippen LogP contribution in [0.1, 0.15) is 18.5 Å². The van der Waals surface area contributed by atoms with Crippen LogP contribution in [0.3, 0.4) is 0 Å². The summed E-state index contributed by atoms with van der Waals surface area (Å²) >= 11 is 0. The van der Waals surface area contributed by atoms with Crippen molar-refractivity contribution in [2.75, 3.05) is 27.4 Å². The largest absolute Gasteiger partial charge is 0.497 e. The SMILES string of the molecule is COc1ccc(OC)c(C(C)NC2COC2)c1. The molecule has 0 radical (unpaired) electrons. The quantitative estimate of drug-likeness (QED) is 0.847. The van der Waals surface area contributed by atoms with Crippen LogP contribution < -0.4 is 14.8 Å². The van der Waals surface area contributed by atoms with Gasteiger partial charge < -0.3 is 19.5 Å². The first-order valence-corrected chi connectivity index (χ1v) is 5.80. The second-order valence-corrected chi connectivity index (χ2v) is 4.23. The molecule has 0 aliphatic carbocycles. The Bertz CT molecular complexity index is 377. The summed E-state index contributed by atoms with van der Waals surface area (Å²) in [6.45, 7) is 3.70.